The van der Waals surface area contributed by atoms with Gasteiger partial charge in [-0.25, -0.2) is 4.79 Å². The molecule has 1 aliphatic heterocycles. The Bertz CT molecular complexity index is 950. The van der Waals surface area contributed by atoms with Gasteiger partial charge in [-0.3, -0.25) is 4.79 Å². The number of esters is 1. The molecule has 0 radical (unpaired) electrons. The molecule has 0 saturated carbocycles. The van der Waals surface area contributed by atoms with Crippen molar-refractivity contribution in [2.45, 2.75) is 6.18 Å². The van der Waals surface area contributed by atoms with Crippen molar-refractivity contribution in [3.05, 3.63) is 53.6 Å². The zero-order valence-corrected chi connectivity index (χ0v) is 17.6. The SMILES string of the molecule is COc1cccc(OC)c1C(=O)OCC(=O)N1CCN(c2cccc(C(F)(F)F)c2)CC1. The normalized spacial score (nSPS) is 14.2. The first kappa shape index (κ1) is 23.2. The Morgan fingerprint density at radius 2 is 1.53 bits per heavy atom. The van der Waals surface area contributed by atoms with Gasteiger partial charge in [0.15, 0.2) is 6.61 Å². The molecule has 2 aromatic rings. The third kappa shape index (κ3) is 5.24. The van der Waals surface area contributed by atoms with Crippen molar-refractivity contribution in [1.29, 1.82) is 0 Å². The lowest BCUT2D eigenvalue weighted by molar-refractivity contribution is -0.137. The smallest absolute Gasteiger partial charge is 0.416 e. The van der Waals surface area contributed by atoms with Crippen LogP contribution in [0, 0.1) is 0 Å². The number of rotatable bonds is 6. The molecule has 1 aliphatic rings. The monoisotopic (exact) mass is 452 g/mol. The number of hydrogen-bond acceptors (Lipinski definition) is 6. The fraction of sp³-hybridized carbons (Fsp3) is 0.364. The van der Waals surface area contributed by atoms with Gasteiger partial charge >= 0.3 is 12.1 Å². The highest BCUT2D eigenvalue weighted by Gasteiger charge is 2.31. The molecular weight excluding hydrogens is 429 g/mol. The summed E-state index contributed by atoms with van der Waals surface area (Å²) in [4.78, 5) is 28.3. The number of methoxy groups -OCH3 is 2. The maximum Gasteiger partial charge on any atom is 0.416 e. The van der Waals surface area contributed by atoms with Crippen LogP contribution in [-0.2, 0) is 15.7 Å². The predicted molar refractivity (Wildman–Crippen MR) is 110 cm³/mol. The molecule has 0 unspecified atom stereocenters. The quantitative estimate of drug-likeness (QED) is 0.627. The third-order valence-corrected chi connectivity index (χ3v) is 5.13. The maximum absolute atomic E-state index is 12.9. The minimum Gasteiger partial charge on any atom is -0.496 e. The van der Waals surface area contributed by atoms with Crippen LogP contribution < -0.4 is 14.4 Å². The van der Waals surface area contributed by atoms with Gasteiger partial charge in [-0.1, -0.05) is 12.1 Å². The molecular formula is C22H23F3N2O5. The van der Waals surface area contributed by atoms with Crippen molar-refractivity contribution in [3.63, 3.8) is 0 Å². The molecule has 0 bridgehead atoms. The summed E-state index contributed by atoms with van der Waals surface area (Å²) >= 11 is 0. The summed E-state index contributed by atoms with van der Waals surface area (Å²) in [6, 6.07) is 9.90. The second-order valence-corrected chi connectivity index (χ2v) is 7.03. The highest BCUT2D eigenvalue weighted by Crippen LogP contribution is 2.32. The first-order chi connectivity index (χ1) is 15.2. The van der Waals surface area contributed by atoms with Gasteiger partial charge in [0.25, 0.3) is 5.91 Å². The fourth-order valence-corrected chi connectivity index (χ4v) is 3.44. The van der Waals surface area contributed by atoms with E-state index in [0.717, 1.165) is 12.1 Å². The summed E-state index contributed by atoms with van der Waals surface area (Å²) < 4.78 is 54.3. The number of hydrogen-bond donors (Lipinski definition) is 0. The predicted octanol–water partition coefficient (Wildman–Crippen LogP) is 3.23. The molecule has 1 fully saturated rings. The molecule has 2 aromatic carbocycles. The number of amides is 1. The lowest BCUT2D eigenvalue weighted by Crippen LogP contribution is -2.50. The summed E-state index contributed by atoms with van der Waals surface area (Å²) in [6.07, 6.45) is -4.41. The van der Waals surface area contributed by atoms with Gasteiger partial charge in [0.05, 0.1) is 19.8 Å². The molecule has 7 nitrogen and oxygen atoms in total. The minimum atomic E-state index is -4.41. The molecule has 172 valence electrons. The van der Waals surface area contributed by atoms with Crippen LogP contribution in [0.3, 0.4) is 0 Å². The van der Waals surface area contributed by atoms with Crippen molar-refractivity contribution in [3.8, 4) is 11.5 Å². The van der Waals surface area contributed by atoms with E-state index in [9.17, 15) is 22.8 Å². The van der Waals surface area contributed by atoms with Gasteiger partial charge < -0.3 is 24.0 Å². The maximum atomic E-state index is 12.9. The fourth-order valence-electron chi connectivity index (χ4n) is 3.44. The second kappa shape index (κ2) is 9.80. The number of ether oxygens (including phenoxy) is 3. The van der Waals surface area contributed by atoms with Crippen LogP contribution in [0.5, 0.6) is 11.5 Å². The lowest BCUT2D eigenvalue weighted by atomic mass is 10.1. The van der Waals surface area contributed by atoms with Crippen molar-refractivity contribution in [1.82, 2.24) is 4.90 Å². The van der Waals surface area contributed by atoms with Gasteiger partial charge in [-0.05, 0) is 30.3 Å². The van der Waals surface area contributed by atoms with Crippen LogP contribution in [0.2, 0.25) is 0 Å². The number of piperazine rings is 1. The van der Waals surface area contributed by atoms with E-state index in [1.807, 2.05) is 0 Å². The number of halogens is 3. The van der Waals surface area contributed by atoms with Crippen LogP contribution in [-0.4, -0.2) is 63.8 Å². The standard InChI is InChI=1S/C22H23F3N2O5/c1-30-17-7-4-8-18(31-2)20(17)21(29)32-14-19(28)27-11-9-26(10-12-27)16-6-3-5-15(13-16)22(23,24)25/h3-8,13H,9-12,14H2,1-2H3. The molecule has 0 aromatic heterocycles. The van der Waals surface area contributed by atoms with E-state index >= 15 is 0 Å². The van der Waals surface area contributed by atoms with E-state index < -0.39 is 30.2 Å². The molecule has 3 rings (SSSR count). The molecule has 1 heterocycles. The Morgan fingerprint density at radius 3 is 2.09 bits per heavy atom. The van der Waals surface area contributed by atoms with Crippen LogP contribution in [0.15, 0.2) is 42.5 Å². The molecule has 0 N–H and O–H groups in total. The second-order valence-electron chi connectivity index (χ2n) is 7.03. The molecule has 0 atom stereocenters. The van der Waals surface area contributed by atoms with E-state index in [1.54, 1.807) is 29.2 Å². The van der Waals surface area contributed by atoms with Crippen molar-refractivity contribution < 1.29 is 37.0 Å². The van der Waals surface area contributed by atoms with E-state index in [0.29, 0.717) is 31.9 Å². The van der Waals surface area contributed by atoms with Gasteiger partial charge in [-0.2, -0.15) is 13.2 Å². The average Bonchev–Trinajstić information content (AvgIpc) is 2.81. The molecule has 10 heteroatoms. The Kier molecular flexibility index (Phi) is 7.12. The van der Waals surface area contributed by atoms with Crippen LogP contribution in [0.1, 0.15) is 15.9 Å². The Balaban J connectivity index is 1.56. The first-order valence-electron chi connectivity index (χ1n) is 9.82. The van der Waals surface area contributed by atoms with E-state index in [2.05, 4.69) is 0 Å². The van der Waals surface area contributed by atoms with Crippen molar-refractivity contribution in [2.24, 2.45) is 0 Å². The van der Waals surface area contributed by atoms with Crippen molar-refractivity contribution >= 4 is 17.6 Å². The van der Waals surface area contributed by atoms with Gasteiger partial charge in [0.2, 0.25) is 0 Å². The zero-order valence-electron chi connectivity index (χ0n) is 17.6. The number of alkyl halides is 3. The molecule has 1 saturated heterocycles. The van der Waals surface area contributed by atoms with E-state index in [1.165, 1.54) is 25.2 Å². The van der Waals surface area contributed by atoms with E-state index in [4.69, 9.17) is 14.2 Å². The van der Waals surface area contributed by atoms with Crippen LogP contribution >= 0.6 is 0 Å². The highest BCUT2D eigenvalue weighted by molar-refractivity contribution is 5.96. The summed E-state index contributed by atoms with van der Waals surface area (Å²) in [5.41, 5.74) is -0.187. The number of carbonyl (C=O) groups is 2. The topological polar surface area (TPSA) is 68.3 Å². The first-order valence-corrected chi connectivity index (χ1v) is 9.82. The molecule has 0 spiro atoms. The third-order valence-electron chi connectivity index (χ3n) is 5.13. The molecule has 1 amide bonds. The summed E-state index contributed by atoms with van der Waals surface area (Å²) in [5, 5.41) is 0. The summed E-state index contributed by atoms with van der Waals surface area (Å²) in [7, 11) is 2.81. The highest BCUT2D eigenvalue weighted by atomic mass is 19.4. The largest absolute Gasteiger partial charge is 0.496 e. The Morgan fingerprint density at radius 1 is 0.938 bits per heavy atom. The minimum absolute atomic E-state index is 0.0830. The van der Waals surface area contributed by atoms with E-state index in [-0.39, 0.29) is 17.1 Å². The molecule has 32 heavy (non-hydrogen) atoms. The van der Waals surface area contributed by atoms with Crippen LogP contribution in [0.25, 0.3) is 0 Å². The number of anilines is 1. The summed E-state index contributed by atoms with van der Waals surface area (Å²) in [6.45, 7) is 0.849. The van der Waals surface area contributed by atoms with Gasteiger partial charge in [0, 0.05) is 31.9 Å². The van der Waals surface area contributed by atoms with Crippen molar-refractivity contribution in [2.75, 3.05) is 51.9 Å². The Hall–Kier alpha value is -3.43. The number of carbonyl (C=O) groups excluding carboxylic acids is 2. The average molecular weight is 452 g/mol. The van der Waals surface area contributed by atoms with Gasteiger partial charge in [0.1, 0.15) is 17.1 Å². The van der Waals surface area contributed by atoms with Crippen LogP contribution in [0.4, 0.5) is 18.9 Å². The number of nitrogens with zero attached hydrogens (tertiary/aromatic N) is 2. The molecule has 0 aliphatic carbocycles. The van der Waals surface area contributed by atoms with Gasteiger partial charge in [-0.15, -0.1) is 0 Å². The Labute approximate surface area is 183 Å². The summed E-state index contributed by atoms with van der Waals surface area (Å²) in [5.74, 6) is -0.626. The zero-order chi connectivity index (χ0) is 23.3. The number of benzene rings is 2. The lowest BCUT2D eigenvalue weighted by Gasteiger charge is -2.36.